The first-order valence-electron chi connectivity index (χ1n) is 15.0. The molecule has 1 aliphatic rings. The molecule has 0 unspecified atom stereocenters. The number of aryl methyl sites for hydroxylation is 2. The molecule has 0 aliphatic carbocycles. The number of nitrogens with zero attached hydrogens (tertiary/aromatic N) is 5. The third-order valence-electron chi connectivity index (χ3n) is 8.52. The van der Waals surface area contributed by atoms with Crippen molar-refractivity contribution in [2.45, 2.75) is 57.9 Å². The molecule has 0 spiro atoms. The van der Waals surface area contributed by atoms with E-state index in [1.54, 1.807) is 32.9 Å². The summed E-state index contributed by atoms with van der Waals surface area (Å²) in [6.45, 7) is 7.50. The molecule has 15 heteroatoms. The van der Waals surface area contributed by atoms with Crippen molar-refractivity contribution in [1.82, 2.24) is 23.9 Å². The molecule has 1 atom stereocenters. The lowest BCUT2D eigenvalue weighted by molar-refractivity contribution is -0.147. The van der Waals surface area contributed by atoms with Gasteiger partial charge in [0.1, 0.15) is 11.5 Å². The van der Waals surface area contributed by atoms with Crippen LogP contribution in [0.3, 0.4) is 0 Å². The minimum absolute atomic E-state index is 0.0341. The summed E-state index contributed by atoms with van der Waals surface area (Å²) < 4.78 is 74.5. The van der Waals surface area contributed by atoms with Gasteiger partial charge in [-0.3, -0.25) is 9.20 Å². The fourth-order valence-corrected chi connectivity index (χ4v) is 7.33. The third-order valence-corrected chi connectivity index (χ3v) is 10.4. The standard InChI is InChI=1S/C32H37F2N5O7S/c1-19-7-8-21(26(32(3,4)31(40)41)23-11-13-39-28(20(23)2)36-37-29(39)27(33)34)17-22(19)18-38-12-6-14-45-15-16-46-30-24(47(38,42)43)9-10-25(35-30)44-5/h7-11,13,17,26-27H,6,12,14-16,18H2,1-5H3,(H,40,41)/t26-/m1/s1. The third kappa shape index (κ3) is 6.64. The summed E-state index contributed by atoms with van der Waals surface area (Å²) in [6.07, 6.45) is -1.00. The smallest absolute Gasteiger partial charge is 0.310 e. The highest BCUT2D eigenvalue weighted by Gasteiger charge is 2.41. The predicted octanol–water partition coefficient (Wildman–Crippen LogP) is 4.92. The zero-order valence-corrected chi connectivity index (χ0v) is 27.6. The van der Waals surface area contributed by atoms with Crippen LogP contribution in [0.15, 0.2) is 47.5 Å². The molecule has 0 amide bonds. The summed E-state index contributed by atoms with van der Waals surface area (Å²) in [5.41, 5.74) is 1.93. The first-order valence-corrected chi connectivity index (χ1v) is 16.4. The Morgan fingerprint density at radius 1 is 1.11 bits per heavy atom. The molecule has 0 saturated heterocycles. The second kappa shape index (κ2) is 13.5. The number of fused-ring (bicyclic) bond motifs is 2. The van der Waals surface area contributed by atoms with E-state index in [0.29, 0.717) is 35.3 Å². The number of sulfonamides is 1. The molecule has 4 heterocycles. The summed E-state index contributed by atoms with van der Waals surface area (Å²) in [5, 5.41) is 18.0. The molecule has 12 nitrogen and oxygen atoms in total. The van der Waals surface area contributed by atoms with Crippen molar-refractivity contribution in [3.63, 3.8) is 0 Å². The van der Waals surface area contributed by atoms with E-state index in [4.69, 9.17) is 14.2 Å². The molecular weight excluding hydrogens is 636 g/mol. The van der Waals surface area contributed by atoms with Crippen LogP contribution >= 0.6 is 0 Å². The largest absolute Gasteiger partial charge is 0.481 e. The van der Waals surface area contributed by atoms with Crippen molar-refractivity contribution in [3.05, 3.63) is 76.2 Å². The molecule has 1 N–H and O–H groups in total. The van der Waals surface area contributed by atoms with Crippen molar-refractivity contribution in [3.8, 4) is 11.8 Å². The maximum atomic E-state index is 14.2. The maximum Gasteiger partial charge on any atom is 0.310 e. The molecule has 0 saturated carbocycles. The molecule has 4 aromatic rings. The van der Waals surface area contributed by atoms with Gasteiger partial charge in [0, 0.05) is 37.9 Å². The van der Waals surface area contributed by atoms with Crippen molar-refractivity contribution in [2.24, 2.45) is 5.41 Å². The van der Waals surface area contributed by atoms with Crippen molar-refractivity contribution < 1.29 is 41.3 Å². The molecule has 1 aliphatic heterocycles. The molecule has 3 aromatic heterocycles. The highest BCUT2D eigenvalue weighted by Crippen LogP contribution is 2.44. The van der Waals surface area contributed by atoms with Crippen LogP contribution in [0.25, 0.3) is 5.65 Å². The fraction of sp³-hybridized carbons (Fsp3) is 0.438. The zero-order valence-electron chi connectivity index (χ0n) is 26.7. The molecular formula is C32H37F2N5O7S. The van der Waals surface area contributed by atoms with Gasteiger partial charge in [0.05, 0.1) is 19.1 Å². The number of hydrogen-bond donors (Lipinski definition) is 1. The normalized spacial score (nSPS) is 16.7. The number of pyridine rings is 2. The minimum atomic E-state index is -4.14. The number of rotatable bonds is 8. The second-order valence-electron chi connectivity index (χ2n) is 11.9. The Balaban J connectivity index is 1.61. The number of alkyl halides is 2. The monoisotopic (exact) mass is 673 g/mol. The van der Waals surface area contributed by atoms with Crippen molar-refractivity contribution >= 4 is 21.6 Å². The van der Waals surface area contributed by atoms with Crippen LogP contribution in [0.4, 0.5) is 8.78 Å². The van der Waals surface area contributed by atoms with Gasteiger partial charge in [-0.05, 0) is 74.1 Å². The lowest BCUT2D eigenvalue weighted by atomic mass is 9.70. The molecule has 5 rings (SSSR count). The van der Waals surface area contributed by atoms with Crippen LogP contribution in [-0.4, -0.2) is 76.9 Å². The van der Waals surface area contributed by atoms with E-state index in [1.807, 2.05) is 19.1 Å². The van der Waals surface area contributed by atoms with Gasteiger partial charge in [0.15, 0.2) is 5.65 Å². The highest BCUT2D eigenvalue weighted by molar-refractivity contribution is 7.89. The zero-order chi connectivity index (χ0) is 34.1. The Morgan fingerprint density at radius 3 is 2.57 bits per heavy atom. The van der Waals surface area contributed by atoms with Crippen molar-refractivity contribution in [2.75, 3.05) is 33.5 Å². The van der Waals surface area contributed by atoms with E-state index in [0.717, 1.165) is 5.56 Å². The Hall–Kier alpha value is -4.21. The van der Waals surface area contributed by atoms with Gasteiger partial charge in [-0.1, -0.05) is 18.2 Å². The molecule has 0 radical (unpaired) electrons. The summed E-state index contributed by atoms with van der Waals surface area (Å²) in [6, 6.07) is 9.91. The summed E-state index contributed by atoms with van der Waals surface area (Å²) in [5.74, 6) is -2.25. The van der Waals surface area contributed by atoms with E-state index in [1.165, 1.54) is 34.1 Å². The molecule has 47 heavy (non-hydrogen) atoms. The number of carboxylic acids is 1. The average molecular weight is 674 g/mol. The lowest BCUT2D eigenvalue weighted by Gasteiger charge is -2.33. The molecule has 0 fully saturated rings. The number of benzene rings is 1. The number of aromatic nitrogens is 4. The lowest BCUT2D eigenvalue weighted by Crippen LogP contribution is -2.34. The number of aliphatic carboxylic acids is 1. The number of halogens is 2. The summed E-state index contributed by atoms with van der Waals surface area (Å²) in [7, 11) is -2.72. The van der Waals surface area contributed by atoms with Crippen LogP contribution < -0.4 is 9.47 Å². The average Bonchev–Trinajstić information content (AvgIpc) is 3.46. The maximum absolute atomic E-state index is 14.2. The Labute approximate surface area is 271 Å². The van der Waals surface area contributed by atoms with E-state index >= 15 is 0 Å². The van der Waals surface area contributed by atoms with Gasteiger partial charge in [0.25, 0.3) is 6.43 Å². The number of hydrogen-bond acceptors (Lipinski definition) is 9. The Bertz CT molecular complexity index is 1900. The van der Waals surface area contributed by atoms with Crippen LogP contribution in [0.5, 0.6) is 11.8 Å². The topological polar surface area (TPSA) is 145 Å². The quantitative estimate of drug-likeness (QED) is 0.274. The first-order chi connectivity index (χ1) is 22.3. The van der Waals surface area contributed by atoms with Crippen LogP contribution in [0, 0.1) is 19.3 Å². The predicted molar refractivity (Wildman–Crippen MR) is 166 cm³/mol. The summed E-state index contributed by atoms with van der Waals surface area (Å²) in [4.78, 5) is 16.8. The van der Waals surface area contributed by atoms with E-state index in [9.17, 15) is 27.1 Å². The van der Waals surface area contributed by atoms with Gasteiger partial charge in [-0.15, -0.1) is 10.2 Å². The number of ether oxygens (including phenoxy) is 3. The van der Waals surface area contributed by atoms with E-state index < -0.39 is 39.6 Å². The number of carboxylic acid groups (broad SMARTS) is 1. The van der Waals surface area contributed by atoms with Gasteiger partial charge in [0.2, 0.25) is 27.6 Å². The van der Waals surface area contributed by atoms with E-state index in [2.05, 4.69) is 15.2 Å². The van der Waals surface area contributed by atoms with Crippen LogP contribution in [-0.2, 0) is 26.1 Å². The molecule has 1 aromatic carbocycles. The van der Waals surface area contributed by atoms with Gasteiger partial charge in [-0.25, -0.2) is 17.2 Å². The molecule has 0 bridgehead atoms. The Morgan fingerprint density at radius 2 is 1.87 bits per heavy atom. The van der Waals surface area contributed by atoms with Gasteiger partial charge >= 0.3 is 5.97 Å². The van der Waals surface area contributed by atoms with Crippen LogP contribution in [0.2, 0.25) is 0 Å². The molecule has 252 valence electrons. The van der Waals surface area contributed by atoms with Gasteiger partial charge in [-0.2, -0.15) is 9.29 Å². The van der Waals surface area contributed by atoms with Gasteiger partial charge < -0.3 is 19.3 Å². The minimum Gasteiger partial charge on any atom is -0.481 e. The number of carbonyl (C=O) groups is 1. The number of methoxy groups -OCH3 is 1. The first kappa shape index (κ1) is 34.1. The highest BCUT2D eigenvalue weighted by atomic mass is 32.2. The van der Waals surface area contributed by atoms with E-state index in [-0.39, 0.29) is 48.6 Å². The SMILES string of the molecule is COc1ccc2c(n1)OCCOCCCN(Cc1cc([C@H](c3ccn4c(C(F)F)nnc4c3C)C(C)(C)C(=O)O)ccc1C)S2(=O)=O. The van der Waals surface area contributed by atoms with Crippen molar-refractivity contribution in [1.29, 1.82) is 0 Å². The Kier molecular flexibility index (Phi) is 9.80. The summed E-state index contributed by atoms with van der Waals surface area (Å²) >= 11 is 0. The van der Waals surface area contributed by atoms with Crippen LogP contribution in [0.1, 0.15) is 66.3 Å². The fourth-order valence-electron chi connectivity index (χ4n) is 5.81. The second-order valence-corrected chi connectivity index (χ2v) is 13.8.